The molecule has 0 saturated carbocycles. The first-order valence-electron chi connectivity index (χ1n) is 7.06. The van der Waals surface area contributed by atoms with Gasteiger partial charge in [0.05, 0.1) is 12.2 Å². The molecule has 0 spiro atoms. The molecule has 0 saturated heterocycles. The van der Waals surface area contributed by atoms with Gasteiger partial charge in [-0.2, -0.15) is 0 Å². The second-order valence-corrected chi connectivity index (χ2v) is 6.19. The smallest absolute Gasteiger partial charge is 0.251 e. The van der Waals surface area contributed by atoms with Crippen molar-refractivity contribution in [1.82, 2.24) is 10.3 Å². The maximum absolute atomic E-state index is 11.9. The average molecular weight is 317 g/mol. The number of hydrogen-bond donors (Lipinski definition) is 2. The summed E-state index contributed by atoms with van der Waals surface area (Å²) < 4.78 is 0. The lowest BCUT2D eigenvalue weighted by Gasteiger charge is -2.05. The number of rotatable bonds is 5. The van der Waals surface area contributed by atoms with E-state index in [4.69, 9.17) is 0 Å². The highest BCUT2D eigenvalue weighted by Crippen LogP contribution is 2.21. The van der Waals surface area contributed by atoms with Gasteiger partial charge in [-0.3, -0.25) is 9.59 Å². The van der Waals surface area contributed by atoms with Crippen molar-refractivity contribution in [2.45, 2.75) is 26.7 Å². The van der Waals surface area contributed by atoms with Crippen LogP contribution in [0.25, 0.3) is 0 Å². The number of aromatic nitrogens is 1. The molecule has 6 heteroatoms. The molecule has 0 aliphatic heterocycles. The molecule has 1 aromatic carbocycles. The Balaban J connectivity index is 1.84. The molecule has 0 atom stereocenters. The van der Waals surface area contributed by atoms with Crippen molar-refractivity contribution >= 4 is 28.3 Å². The minimum absolute atomic E-state index is 0.0801. The van der Waals surface area contributed by atoms with Crippen LogP contribution in [0.1, 0.15) is 41.4 Å². The van der Waals surface area contributed by atoms with Crippen LogP contribution in [0.4, 0.5) is 5.13 Å². The summed E-state index contributed by atoms with van der Waals surface area (Å²) >= 11 is 1.38. The number of nitrogens with one attached hydrogen (secondary N) is 2. The Morgan fingerprint density at radius 3 is 2.50 bits per heavy atom. The third kappa shape index (κ3) is 4.39. The highest BCUT2D eigenvalue weighted by Gasteiger charge is 2.11. The summed E-state index contributed by atoms with van der Waals surface area (Å²) in [6, 6.07) is 7.19. The second-order valence-electron chi connectivity index (χ2n) is 5.33. The highest BCUT2D eigenvalue weighted by molar-refractivity contribution is 7.13. The minimum Gasteiger partial charge on any atom is -0.343 e. The number of carbonyl (C=O) groups is 2. The molecule has 1 heterocycles. The molecule has 116 valence electrons. The standard InChI is InChI=1S/C16H19N3O2S/c1-10(2)13-9-22-16(18-13)19-14(20)8-17-15(21)12-6-4-11(3)5-7-12/h4-7,9-10H,8H2,1-3H3,(H,17,21)(H,18,19,20). The fraction of sp³-hybridized carbons (Fsp3) is 0.312. The van der Waals surface area contributed by atoms with Gasteiger partial charge in [-0.05, 0) is 25.0 Å². The quantitative estimate of drug-likeness (QED) is 0.890. The van der Waals surface area contributed by atoms with Gasteiger partial charge in [0.2, 0.25) is 5.91 Å². The van der Waals surface area contributed by atoms with E-state index in [-0.39, 0.29) is 18.4 Å². The molecule has 2 rings (SSSR count). The van der Waals surface area contributed by atoms with Crippen LogP contribution in [0.3, 0.4) is 0 Å². The molecule has 2 aromatic rings. The first-order chi connectivity index (χ1) is 10.5. The largest absolute Gasteiger partial charge is 0.343 e. The predicted molar refractivity (Wildman–Crippen MR) is 88.3 cm³/mol. The number of carbonyl (C=O) groups excluding carboxylic acids is 2. The number of aryl methyl sites for hydroxylation is 1. The molecule has 0 radical (unpaired) electrons. The molecule has 0 bridgehead atoms. The molecular weight excluding hydrogens is 298 g/mol. The normalized spacial score (nSPS) is 10.5. The maximum Gasteiger partial charge on any atom is 0.251 e. The van der Waals surface area contributed by atoms with Gasteiger partial charge in [0.1, 0.15) is 0 Å². The van der Waals surface area contributed by atoms with Gasteiger partial charge in [0.15, 0.2) is 5.13 Å². The van der Waals surface area contributed by atoms with Crippen molar-refractivity contribution < 1.29 is 9.59 Å². The number of anilines is 1. The number of nitrogens with zero attached hydrogens (tertiary/aromatic N) is 1. The lowest BCUT2D eigenvalue weighted by molar-refractivity contribution is -0.115. The second kappa shape index (κ2) is 7.17. The topological polar surface area (TPSA) is 71.1 Å². The fourth-order valence-electron chi connectivity index (χ4n) is 1.74. The van der Waals surface area contributed by atoms with Crippen molar-refractivity contribution in [1.29, 1.82) is 0 Å². The zero-order valence-electron chi connectivity index (χ0n) is 12.8. The third-order valence-electron chi connectivity index (χ3n) is 3.08. The van der Waals surface area contributed by atoms with E-state index in [0.717, 1.165) is 11.3 Å². The summed E-state index contributed by atoms with van der Waals surface area (Å²) in [7, 11) is 0. The Labute approximate surface area is 133 Å². The molecule has 0 aliphatic rings. The summed E-state index contributed by atoms with van der Waals surface area (Å²) in [4.78, 5) is 28.0. The summed E-state index contributed by atoms with van der Waals surface area (Å²) in [6.45, 7) is 5.96. The molecule has 22 heavy (non-hydrogen) atoms. The summed E-state index contributed by atoms with van der Waals surface area (Å²) in [5.74, 6) is -0.231. The van der Waals surface area contributed by atoms with E-state index in [1.54, 1.807) is 12.1 Å². The number of thiazole rings is 1. The van der Waals surface area contributed by atoms with Crippen LogP contribution in [0, 0.1) is 6.92 Å². The van der Waals surface area contributed by atoms with E-state index in [9.17, 15) is 9.59 Å². The van der Waals surface area contributed by atoms with Crippen LogP contribution < -0.4 is 10.6 Å². The number of amides is 2. The van der Waals surface area contributed by atoms with Crippen molar-refractivity contribution in [2.24, 2.45) is 0 Å². The van der Waals surface area contributed by atoms with Gasteiger partial charge in [-0.25, -0.2) is 4.98 Å². The Morgan fingerprint density at radius 1 is 1.23 bits per heavy atom. The fourth-order valence-corrected chi connectivity index (χ4v) is 2.63. The van der Waals surface area contributed by atoms with E-state index in [2.05, 4.69) is 15.6 Å². The zero-order valence-corrected chi connectivity index (χ0v) is 13.7. The number of hydrogen-bond acceptors (Lipinski definition) is 4. The molecule has 5 nitrogen and oxygen atoms in total. The monoisotopic (exact) mass is 317 g/mol. The van der Waals surface area contributed by atoms with Gasteiger partial charge in [-0.1, -0.05) is 31.5 Å². The van der Waals surface area contributed by atoms with Crippen LogP contribution in [0.2, 0.25) is 0 Å². The number of benzene rings is 1. The van der Waals surface area contributed by atoms with Crippen molar-refractivity contribution in [3.8, 4) is 0 Å². The first kappa shape index (κ1) is 16.2. The molecule has 2 N–H and O–H groups in total. The predicted octanol–water partition coefficient (Wildman–Crippen LogP) is 2.94. The average Bonchev–Trinajstić information content (AvgIpc) is 2.94. The summed E-state index contributed by atoms with van der Waals surface area (Å²) in [5, 5.41) is 7.76. The highest BCUT2D eigenvalue weighted by atomic mass is 32.1. The van der Waals surface area contributed by atoms with Crippen LogP contribution >= 0.6 is 11.3 Å². The van der Waals surface area contributed by atoms with E-state index in [1.165, 1.54) is 11.3 Å². The molecule has 2 amide bonds. The Bertz CT molecular complexity index is 662. The summed E-state index contributed by atoms with van der Waals surface area (Å²) in [6.07, 6.45) is 0. The Hall–Kier alpha value is -2.21. The molecule has 1 aromatic heterocycles. The van der Waals surface area contributed by atoms with Crippen molar-refractivity contribution in [2.75, 3.05) is 11.9 Å². The Kier molecular flexibility index (Phi) is 5.27. The third-order valence-corrected chi connectivity index (χ3v) is 3.86. The SMILES string of the molecule is Cc1ccc(C(=O)NCC(=O)Nc2nc(C(C)C)cs2)cc1. The Morgan fingerprint density at radius 2 is 1.91 bits per heavy atom. The lowest BCUT2D eigenvalue weighted by atomic mass is 10.1. The van der Waals surface area contributed by atoms with Crippen LogP contribution in [-0.4, -0.2) is 23.3 Å². The summed E-state index contributed by atoms with van der Waals surface area (Å²) in [5.41, 5.74) is 2.57. The van der Waals surface area contributed by atoms with E-state index < -0.39 is 0 Å². The van der Waals surface area contributed by atoms with E-state index in [1.807, 2.05) is 38.3 Å². The molecule has 0 unspecified atom stereocenters. The van der Waals surface area contributed by atoms with Gasteiger partial charge in [0, 0.05) is 10.9 Å². The van der Waals surface area contributed by atoms with Crippen LogP contribution in [-0.2, 0) is 4.79 Å². The van der Waals surface area contributed by atoms with Gasteiger partial charge < -0.3 is 10.6 Å². The molecule has 0 fully saturated rings. The van der Waals surface area contributed by atoms with Crippen LogP contribution in [0.15, 0.2) is 29.6 Å². The zero-order chi connectivity index (χ0) is 16.1. The van der Waals surface area contributed by atoms with Crippen molar-refractivity contribution in [3.63, 3.8) is 0 Å². The first-order valence-corrected chi connectivity index (χ1v) is 7.94. The minimum atomic E-state index is -0.287. The lowest BCUT2D eigenvalue weighted by Crippen LogP contribution is -2.32. The van der Waals surface area contributed by atoms with Gasteiger partial charge in [0.25, 0.3) is 5.91 Å². The van der Waals surface area contributed by atoms with Crippen molar-refractivity contribution in [3.05, 3.63) is 46.5 Å². The van der Waals surface area contributed by atoms with Crippen LogP contribution in [0.5, 0.6) is 0 Å². The van der Waals surface area contributed by atoms with E-state index in [0.29, 0.717) is 16.6 Å². The van der Waals surface area contributed by atoms with Gasteiger partial charge >= 0.3 is 0 Å². The van der Waals surface area contributed by atoms with Gasteiger partial charge in [-0.15, -0.1) is 11.3 Å². The molecular formula is C16H19N3O2S. The molecule has 0 aliphatic carbocycles. The maximum atomic E-state index is 11.9. The van der Waals surface area contributed by atoms with E-state index >= 15 is 0 Å².